The van der Waals surface area contributed by atoms with Gasteiger partial charge in [-0.05, 0) is 18.6 Å². The average molecular weight is 442 g/mol. The van der Waals surface area contributed by atoms with Gasteiger partial charge in [-0.3, -0.25) is 13.8 Å². The van der Waals surface area contributed by atoms with Crippen LogP contribution >= 0.6 is 23.1 Å². The van der Waals surface area contributed by atoms with E-state index in [-0.39, 0.29) is 11.0 Å². The molecule has 4 rings (SSSR count). The number of fused-ring (bicyclic) bond motifs is 3. The van der Waals surface area contributed by atoms with Crippen molar-refractivity contribution in [1.29, 1.82) is 0 Å². The highest BCUT2D eigenvalue weighted by Crippen LogP contribution is 2.29. The molecule has 0 spiro atoms. The fourth-order valence-corrected chi connectivity index (χ4v) is 5.25. The minimum atomic E-state index is 0.00692. The van der Waals surface area contributed by atoms with Gasteiger partial charge in [0.25, 0.3) is 5.56 Å². The number of hydrogen-bond acceptors (Lipinski definition) is 6. The van der Waals surface area contributed by atoms with Gasteiger partial charge < -0.3 is 0 Å². The van der Waals surface area contributed by atoms with Crippen LogP contribution in [0.25, 0.3) is 16.7 Å². The molecule has 0 aliphatic carbocycles. The molecule has 0 radical (unpaired) electrons. The molecule has 0 atom stereocenters. The standard InChI is InChI=1S/C22H27N5OS2/c1-5-6-9-12-26-18(28)16-10-7-8-11-17(16)27-20(26)24-25-21(27)30-14-15-13-29-19(23-15)22(2,3)4/h7-8,10-11,13H,5-6,9,12,14H2,1-4H3. The van der Waals surface area contributed by atoms with Gasteiger partial charge in [0, 0.05) is 23.1 Å². The van der Waals surface area contributed by atoms with E-state index in [2.05, 4.69) is 43.3 Å². The summed E-state index contributed by atoms with van der Waals surface area (Å²) in [7, 11) is 0. The normalized spacial score (nSPS) is 12.3. The number of thioether (sulfide) groups is 1. The van der Waals surface area contributed by atoms with Crippen LogP contribution in [0, 0.1) is 0 Å². The molecule has 30 heavy (non-hydrogen) atoms. The molecule has 0 saturated carbocycles. The summed E-state index contributed by atoms with van der Waals surface area (Å²) in [6, 6.07) is 7.71. The monoisotopic (exact) mass is 441 g/mol. The number of aromatic nitrogens is 5. The van der Waals surface area contributed by atoms with Crippen LogP contribution in [0.2, 0.25) is 0 Å². The highest BCUT2D eigenvalue weighted by Gasteiger charge is 2.19. The van der Waals surface area contributed by atoms with Crippen molar-refractivity contribution in [1.82, 2.24) is 24.1 Å². The minimum absolute atomic E-state index is 0.00692. The van der Waals surface area contributed by atoms with E-state index in [0.29, 0.717) is 17.7 Å². The largest absolute Gasteiger partial charge is 0.276 e. The molecular formula is C22H27N5OS2. The van der Waals surface area contributed by atoms with Gasteiger partial charge in [-0.15, -0.1) is 21.5 Å². The molecule has 1 aromatic carbocycles. The third-order valence-corrected chi connectivity index (χ3v) is 7.29. The second-order valence-corrected chi connectivity index (χ2v) is 10.3. The predicted molar refractivity (Wildman–Crippen MR) is 125 cm³/mol. The summed E-state index contributed by atoms with van der Waals surface area (Å²) in [6.45, 7) is 9.36. The Morgan fingerprint density at radius 2 is 1.93 bits per heavy atom. The average Bonchev–Trinajstić information content (AvgIpc) is 3.36. The van der Waals surface area contributed by atoms with Crippen LogP contribution in [0.1, 0.15) is 57.7 Å². The van der Waals surface area contributed by atoms with Crippen LogP contribution in [0.3, 0.4) is 0 Å². The molecule has 0 bridgehead atoms. The van der Waals surface area contributed by atoms with E-state index in [4.69, 9.17) is 4.98 Å². The Morgan fingerprint density at radius 1 is 1.13 bits per heavy atom. The zero-order valence-electron chi connectivity index (χ0n) is 17.9. The molecule has 0 N–H and O–H groups in total. The third kappa shape index (κ3) is 4.03. The Kier molecular flexibility index (Phi) is 5.97. The first-order valence-corrected chi connectivity index (χ1v) is 12.2. The summed E-state index contributed by atoms with van der Waals surface area (Å²) in [5, 5.41) is 13.6. The molecule has 0 fully saturated rings. The molecule has 4 aromatic rings. The predicted octanol–water partition coefficient (Wildman–Crippen LogP) is 5.28. The molecule has 0 saturated heterocycles. The number of aryl methyl sites for hydroxylation is 1. The summed E-state index contributed by atoms with van der Waals surface area (Å²) >= 11 is 3.31. The van der Waals surface area contributed by atoms with Gasteiger partial charge in [0.15, 0.2) is 5.16 Å². The van der Waals surface area contributed by atoms with E-state index < -0.39 is 0 Å². The molecule has 6 nitrogen and oxygen atoms in total. The smallest absolute Gasteiger partial charge is 0.262 e. The Hall–Kier alpha value is -2.19. The van der Waals surface area contributed by atoms with Crippen molar-refractivity contribution in [2.75, 3.05) is 0 Å². The lowest BCUT2D eigenvalue weighted by molar-refractivity contribution is 0.584. The lowest BCUT2D eigenvalue weighted by Gasteiger charge is -2.13. The second-order valence-electron chi connectivity index (χ2n) is 8.48. The highest BCUT2D eigenvalue weighted by atomic mass is 32.2. The molecule has 0 aliphatic heterocycles. The van der Waals surface area contributed by atoms with Crippen LogP contribution in [0.15, 0.2) is 39.6 Å². The summed E-state index contributed by atoms with van der Waals surface area (Å²) in [4.78, 5) is 17.9. The third-order valence-electron chi connectivity index (χ3n) is 5.01. The Bertz CT molecular complexity index is 1230. The fraction of sp³-hybridized carbons (Fsp3) is 0.455. The molecule has 0 amide bonds. The first-order valence-electron chi connectivity index (χ1n) is 10.3. The van der Waals surface area contributed by atoms with E-state index in [1.54, 1.807) is 27.7 Å². The van der Waals surface area contributed by atoms with Crippen LogP contribution in [-0.2, 0) is 17.7 Å². The SMILES string of the molecule is CCCCCn1c(=O)c2ccccc2n2c(SCc3csc(C(C)(C)C)n3)nnc12. The number of unbranched alkanes of at least 4 members (excludes halogenated alkanes) is 2. The maximum absolute atomic E-state index is 13.1. The van der Waals surface area contributed by atoms with Gasteiger partial charge in [0.1, 0.15) is 0 Å². The molecular weight excluding hydrogens is 414 g/mol. The summed E-state index contributed by atoms with van der Waals surface area (Å²) in [5.74, 6) is 1.34. The highest BCUT2D eigenvalue weighted by molar-refractivity contribution is 7.98. The first kappa shape index (κ1) is 21.1. The van der Waals surface area contributed by atoms with Gasteiger partial charge in [-0.1, -0.05) is 64.4 Å². The molecule has 0 unspecified atom stereocenters. The van der Waals surface area contributed by atoms with Crippen molar-refractivity contribution < 1.29 is 0 Å². The van der Waals surface area contributed by atoms with E-state index in [1.165, 1.54) is 0 Å². The van der Waals surface area contributed by atoms with Crippen molar-refractivity contribution in [3.63, 3.8) is 0 Å². The Balaban J connectivity index is 1.72. The molecule has 158 valence electrons. The zero-order valence-corrected chi connectivity index (χ0v) is 19.5. The van der Waals surface area contributed by atoms with Crippen molar-refractivity contribution in [2.45, 2.75) is 69.8 Å². The Morgan fingerprint density at radius 3 is 2.67 bits per heavy atom. The fourth-order valence-electron chi connectivity index (χ4n) is 3.40. The van der Waals surface area contributed by atoms with Crippen LogP contribution in [0.5, 0.6) is 0 Å². The number of nitrogens with zero attached hydrogens (tertiary/aromatic N) is 5. The summed E-state index contributed by atoms with van der Waals surface area (Å²) < 4.78 is 3.79. The maximum Gasteiger partial charge on any atom is 0.262 e. The molecule has 3 heterocycles. The van der Waals surface area contributed by atoms with Crippen molar-refractivity contribution in [2.24, 2.45) is 0 Å². The summed E-state index contributed by atoms with van der Waals surface area (Å²) in [6.07, 6.45) is 3.14. The minimum Gasteiger partial charge on any atom is -0.276 e. The van der Waals surface area contributed by atoms with E-state index in [1.807, 2.05) is 28.7 Å². The van der Waals surface area contributed by atoms with Gasteiger partial charge >= 0.3 is 0 Å². The van der Waals surface area contributed by atoms with Gasteiger partial charge in [0.2, 0.25) is 5.78 Å². The van der Waals surface area contributed by atoms with Gasteiger partial charge in [-0.25, -0.2) is 4.98 Å². The van der Waals surface area contributed by atoms with Crippen LogP contribution in [0.4, 0.5) is 0 Å². The van der Waals surface area contributed by atoms with Crippen molar-refractivity contribution >= 4 is 39.8 Å². The van der Waals surface area contributed by atoms with E-state index in [0.717, 1.165) is 46.4 Å². The van der Waals surface area contributed by atoms with E-state index >= 15 is 0 Å². The molecule has 3 aromatic heterocycles. The van der Waals surface area contributed by atoms with Crippen LogP contribution in [-0.4, -0.2) is 24.1 Å². The number of para-hydroxylation sites is 1. The van der Waals surface area contributed by atoms with Crippen LogP contribution < -0.4 is 5.56 Å². The maximum atomic E-state index is 13.1. The van der Waals surface area contributed by atoms with Crippen molar-refractivity contribution in [3.8, 4) is 0 Å². The number of hydrogen-bond donors (Lipinski definition) is 0. The van der Waals surface area contributed by atoms with Crippen molar-refractivity contribution in [3.05, 3.63) is 50.7 Å². The lowest BCUT2D eigenvalue weighted by Crippen LogP contribution is -2.23. The van der Waals surface area contributed by atoms with Gasteiger partial charge in [0.05, 0.1) is 21.6 Å². The van der Waals surface area contributed by atoms with E-state index in [9.17, 15) is 4.79 Å². The second kappa shape index (κ2) is 8.51. The number of rotatable bonds is 7. The Labute approximate surface area is 184 Å². The van der Waals surface area contributed by atoms with Gasteiger partial charge in [-0.2, -0.15) is 0 Å². The quantitative estimate of drug-likeness (QED) is 0.288. The lowest BCUT2D eigenvalue weighted by atomic mass is 9.98. The first-order chi connectivity index (χ1) is 14.4. The zero-order chi connectivity index (χ0) is 21.3. The number of thiazole rings is 1. The topological polar surface area (TPSA) is 65.1 Å². The molecule has 0 aliphatic rings. The summed E-state index contributed by atoms with van der Waals surface area (Å²) in [5.41, 5.74) is 1.96. The number of benzene rings is 1. The molecule has 8 heteroatoms.